The van der Waals surface area contributed by atoms with Gasteiger partial charge in [-0.2, -0.15) is 0 Å². The van der Waals surface area contributed by atoms with E-state index in [9.17, 15) is 0 Å². The highest BCUT2D eigenvalue weighted by Crippen LogP contribution is 1.86. The summed E-state index contributed by atoms with van der Waals surface area (Å²) in [6, 6.07) is 6.41. The molecule has 0 spiro atoms. The minimum Gasteiger partial charge on any atom is -0.0990 e. The topological polar surface area (TPSA) is 0 Å². The standard InChI is InChI=1S/C12H14.C2H6/c1-4-6-12-9-10(3)7-8-11(12)5-2;1-2/h4-9H,1H2,2-3H3;1-2H3/b11-5-,12-6-;. The summed E-state index contributed by atoms with van der Waals surface area (Å²) in [5.41, 5.74) is 1.29. The van der Waals surface area contributed by atoms with Gasteiger partial charge in [0.05, 0.1) is 0 Å². The maximum atomic E-state index is 3.69. The summed E-state index contributed by atoms with van der Waals surface area (Å²) in [5.74, 6) is 0. The van der Waals surface area contributed by atoms with Gasteiger partial charge in [-0.3, -0.25) is 0 Å². The van der Waals surface area contributed by atoms with E-state index in [1.807, 2.05) is 32.9 Å². The normalized spacial score (nSPS) is 12.0. The van der Waals surface area contributed by atoms with E-state index in [4.69, 9.17) is 0 Å². The summed E-state index contributed by atoms with van der Waals surface area (Å²) < 4.78 is 0. The van der Waals surface area contributed by atoms with Crippen molar-refractivity contribution in [2.45, 2.75) is 27.7 Å². The fraction of sp³-hybridized carbons (Fsp3) is 0.286. The zero-order valence-electron chi connectivity index (χ0n) is 9.67. The van der Waals surface area contributed by atoms with Crippen molar-refractivity contribution in [1.82, 2.24) is 0 Å². The highest BCUT2D eigenvalue weighted by molar-refractivity contribution is 5.39. The maximum absolute atomic E-state index is 3.69. The lowest BCUT2D eigenvalue weighted by Crippen LogP contribution is -2.23. The predicted molar refractivity (Wildman–Crippen MR) is 66.6 cm³/mol. The van der Waals surface area contributed by atoms with Crippen LogP contribution in [-0.4, -0.2) is 0 Å². The molecular formula is C14H20. The summed E-state index contributed by atoms with van der Waals surface area (Å²) >= 11 is 0. The SMILES string of the molecule is C=C/C=c1/cc(C)cc/c1=C/C.CC. The molecule has 1 aromatic rings. The van der Waals surface area contributed by atoms with Crippen molar-refractivity contribution < 1.29 is 0 Å². The number of aryl methyl sites for hydroxylation is 1. The Labute approximate surface area is 87.3 Å². The smallest absolute Gasteiger partial charge is 0.0185 e. The first kappa shape index (κ1) is 12.7. The number of hydrogen-bond donors (Lipinski definition) is 0. The van der Waals surface area contributed by atoms with Crippen LogP contribution in [0.1, 0.15) is 26.3 Å². The van der Waals surface area contributed by atoms with Crippen LogP contribution in [0.25, 0.3) is 12.2 Å². The Kier molecular flexibility index (Phi) is 6.47. The number of allylic oxidation sites excluding steroid dienone is 1. The summed E-state index contributed by atoms with van der Waals surface area (Å²) in [4.78, 5) is 0. The van der Waals surface area contributed by atoms with Gasteiger partial charge in [0.1, 0.15) is 0 Å². The Balaban J connectivity index is 0.000000791. The molecule has 0 saturated carbocycles. The van der Waals surface area contributed by atoms with Gasteiger partial charge in [-0.15, -0.1) is 0 Å². The molecule has 0 fully saturated rings. The van der Waals surface area contributed by atoms with Gasteiger partial charge < -0.3 is 0 Å². The van der Waals surface area contributed by atoms with Crippen molar-refractivity contribution in [3.05, 3.63) is 46.9 Å². The molecule has 0 unspecified atom stereocenters. The molecule has 0 saturated heterocycles. The fourth-order valence-electron chi connectivity index (χ4n) is 1.23. The van der Waals surface area contributed by atoms with Crippen LogP contribution in [0.2, 0.25) is 0 Å². The molecule has 0 aliphatic carbocycles. The van der Waals surface area contributed by atoms with Crippen LogP contribution in [0.3, 0.4) is 0 Å². The Morgan fingerprint density at radius 3 is 2.29 bits per heavy atom. The average molecular weight is 188 g/mol. The summed E-state index contributed by atoms with van der Waals surface area (Å²) in [6.45, 7) is 11.8. The molecule has 0 bridgehead atoms. The van der Waals surface area contributed by atoms with Gasteiger partial charge in [-0.1, -0.05) is 62.4 Å². The second-order valence-corrected chi connectivity index (χ2v) is 2.82. The van der Waals surface area contributed by atoms with Crippen molar-refractivity contribution in [3.8, 4) is 0 Å². The molecule has 0 aliphatic rings. The average Bonchev–Trinajstić information content (AvgIpc) is 2.22. The molecule has 0 nitrogen and oxygen atoms in total. The van der Waals surface area contributed by atoms with Gasteiger partial charge in [-0.25, -0.2) is 0 Å². The lowest BCUT2D eigenvalue weighted by atomic mass is 10.1. The van der Waals surface area contributed by atoms with Crippen LogP contribution < -0.4 is 10.4 Å². The second kappa shape index (κ2) is 7.14. The second-order valence-electron chi connectivity index (χ2n) is 2.82. The molecule has 0 heteroatoms. The van der Waals surface area contributed by atoms with Crippen LogP contribution >= 0.6 is 0 Å². The molecule has 0 heterocycles. The summed E-state index contributed by atoms with van der Waals surface area (Å²) in [7, 11) is 0. The third-order valence-electron chi connectivity index (χ3n) is 1.85. The number of rotatable bonds is 1. The van der Waals surface area contributed by atoms with Crippen molar-refractivity contribution in [2.75, 3.05) is 0 Å². The van der Waals surface area contributed by atoms with Crippen molar-refractivity contribution in [2.24, 2.45) is 0 Å². The zero-order chi connectivity index (χ0) is 11.0. The number of hydrogen-bond acceptors (Lipinski definition) is 0. The molecule has 1 rings (SSSR count). The highest BCUT2D eigenvalue weighted by Gasteiger charge is 1.84. The van der Waals surface area contributed by atoms with Crippen LogP contribution in [0, 0.1) is 6.92 Å². The molecule has 0 radical (unpaired) electrons. The highest BCUT2D eigenvalue weighted by atomic mass is 13.9. The van der Waals surface area contributed by atoms with Gasteiger partial charge in [0.2, 0.25) is 0 Å². The van der Waals surface area contributed by atoms with E-state index in [2.05, 4.69) is 37.8 Å². The molecular weight excluding hydrogens is 168 g/mol. The van der Waals surface area contributed by atoms with E-state index in [0.29, 0.717) is 0 Å². The minimum absolute atomic E-state index is 1.24. The van der Waals surface area contributed by atoms with Crippen LogP contribution in [0.4, 0.5) is 0 Å². The van der Waals surface area contributed by atoms with Crippen molar-refractivity contribution >= 4 is 12.2 Å². The van der Waals surface area contributed by atoms with Crippen LogP contribution in [0.15, 0.2) is 30.9 Å². The first-order valence-electron chi connectivity index (χ1n) is 5.13. The van der Waals surface area contributed by atoms with E-state index >= 15 is 0 Å². The van der Waals surface area contributed by atoms with Gasteiger partial charge >= 0.3 is 0 Å². The number of benzene rings is 1. The molecule has 0 amide bonds. The fourth-order valence-corrected chi connectivity index (χ4v) is 1.23. The van der Waals surface area contributed by atoms with E-state index < -0.39 is 0 Å². The third-order valence-corrected chi connectivity index (χ3v) is 1.85. The molecule has 0 N–H and O–H groups in total. The summed E-state index contributed by atoms with van der Waals surface area (Å²) in [5, 5.41) is 2.51. The van der Waals surface area contributed by atoms with Crippen molar-refractivity contribution in [3.63, 3.8) is 0 Å². The monoisotopic (exact) mass is 188 g/mol. The van der Waals surface area contributed by atoms with Crippen LogP contribution in [0.5, 0.6) is 0 Å². The zero-order valence-corrected chi connectivity index (χ0v) is 9.67. The molecule has 1 aromatic carbocycles. The molecule has 0 atom stereocenters. The van der Waals surface area contributed by atoms with Gasteiger partial charge in [0.15, 0.2) is 0 Å². The predicted octanol–water partition coefficient (Wildman–Crippen LogP) is 2.79. The lowest BCUT2D eigenvalue weighted by Gasteiger charge is -1.92. The van der Waals surface area contributed by atoms with Gasteiger partial charge in [-0.05, 0) is 24.3 Å². The van der Waals surface area contributed by atoms with E-state index in [-0.39, 0.29) is 0 Å². The first-order valence-corrected chi connectivity index (χ1v) is 5.13. The van der Waals surface area contributed by atoms with E-state index in [0.717, 1.165) is 0 Å². The Hall–Kier alpha value is -1.30. The molecule has 0 aromatic heterocycles. The lowest BCUT2D eigenvalue weighted by molar-refractivity contribution is 1.40. The Morgan fingerprint density at radius 1 is 1.14 bits per heavy atom. The Bertz CT molecular complexity index is 383. The van der Waals surface area contributed by atoms with E-state index in [1.165, 1.54) is 16.0 Å². The third kappa shape index (κ3) is 3.61. The van der Waals surface area contributed by atoms with Gasteiger partial charge in [0, 0.05) is 0 Å². The first-order chi connectivity index (χ1) is 6.77. The molecule has 76 valence electrons. The Morgan fingerprint density at radius 2 is 1.79 bits per heavy atom. The largest absolute Gasteiger partial charge is 0.0990 e. The maximum Gasteiger partial charge on any atom is -0.0185 e. The van der Waals surface area contributed by atoms with Crippen LogP contribution in [-0.2, 0) is 0 Å². The minimum atomic E-state index is 1.24. The quantitative estimate of drug-likeness (QED) is 0.635. The van der Waals surface area contributed by atoms with Crippen molar-refractivity contribution in [1.29, 1.82) is 0 Å². The van der Waals surface area contributed by atoms with Gasteiger partial charge in [0.25, 0.3) is 0 Å². The summed E-state index contributed by atoms with van der Waals surface area (Å²) in [6.07, 6.45) is 5.96. The van der Waals surface area contributed by atoms with E-state index in [1.54, 1.807) is 0 Å². The molecule has 0 aliphatic heterocycles. The molecule has 14 heavy (non-hydrogen) atoms.